The molecule has 0 bridgehead atoms. The molecule has 3 heteroatoms. The highest BCUT2D eigenvalue weighted by Crippen LogP contribution is 2.24. The van der Waals surface area contributed by atoms with Gasteiger partial charge in [-0.2, -0.15) is 0 Å². The fourth-order valence-corrected chi connectivity index (χ4v) is 0.919. The monoisotopic (exact) mass is 213 g/mol. The number of nitrogens with one attached hydrogen (secondary N) is 1. The van der Waals surface area contributed by atoms with Crippen molar-refractivity contribution in [2.24, 2.45) is 11.3 Å². The second-order valence-corrected chi connectivity index (χ2v) is 5.12. The van der Waals surface area contributed by atoms with Crippen LogP contribution in [0.5, 0.6) is 0 Å². The molecule has 0 heterocycles. The van der Waals surface area contributed by atoms with Gasteiger partial charge in [-0.3, -0.25) is 0 Å². The van der Waals surface area contributed by atoms with Gasteiger partial charge in [0.1, 0.15) is 0 Å². The molecule has 0 aliphatic carbocycles. The van der Waals surface area contributed by atoms with Gasteiger partial charge in [-0.1, -0.05) is 33.8 Å². The Labute approximate surface area is 92.6 Å². The number of hydrogen-bond acceptors (Lipinski definition) is 2. The van der Waals surface area contributed by atoms with Crippen molar-refractivity contribution in [1.29, 1.82) is 0 Å². The van der Waals surface area contributed by atoms with Gasteiger partial charge in [-0.15, -0.1) is 0 Å². The van der Waals surface area contributed by atoms with Gasteiger partial charge in [0.2, 0.25) is 0 Å². The summed E-state index contributed by atoms with van der Waals surface area (Å²) < 4.78 is 0. The Hall–Kier alpha value is -0.830. The highest BCUT2D eigenvalue weighted by Gasteiger charge is 2.18. The molecule has 3 nitrogen and oxygen atoms in total. The molecule has 1 unspecified atom stereocenters. The molecule has 2 N–H and O–H groups in total. The van der Waals surface area contributed by atoms with E-state index in [2.05, 4.69) is 33.0 Å². The molecule has 0 fully saturated rings. The van der Waals surface area contributed by atoms with Crippen molar-refractivity contribution in [3.05, 3.63) is 11.6 Å². The van der Waals surface area contributed by atoms with Crippen molar-refractivity contribution in [2.45, 2.75) is 34.6 Å². The molecule has 0 aromatic carbocycles. The van der Waals surface area contributed by atoms with E-state index >= 15 is 0 Å². The van der Waals surface area contributed by atoms with Gasteiger partial charge in [-0.25, -0.2) is 4.79 Å². The van der Waals surface area contributed by atoms with Crippen LogP contribution in [0, 0.1) is 11.3 Å². The Morgan fingerprint density at radius 1 is 1.47 bits per heavy atom. The molecule has 0 aliphatic heterocycles. The lowest BCUT2D eigenvalue weighted by Crippen LogP contribution is -2.29. The predicted molar refractivity (Wildman–Crippen MR) is 62.9 cm³/mol. The number of carbonyl (C=O) groups is 1. The molecule has 0 radical (unpaired) electrons. The van der Waals surface area contributed by atoms with Crippen LogP contribution in [-0.2, 0) is 4.79 Å². The molecule has 0 rings (SSSR count). The third kappa shape index (κ3) is 6.28. The van der Waals surface area contributed by atoms with Crippen molar-refractivity contribution >= 4 is 5.97 Å². The molecule has 0 aromatic heterocycles. The van der Waals surface area contributed by atoms with Crippen molar-refractivity contribution in [3.8, 4) is 0 Å². The molecular weight excluding hydrogens is 190 g/mol. The summed E-state index contributed by atoms with van der Waals surface area (Å²) in [5.41, 5.74) is 0.685. The number of hydrogen-bond donors (Lipinski definition) is 2. The molecule has 0 saturated carbocycles. The minimum Gasteiger partial charge on any atom is -0.478 e. The average Bonchev–Trinajstić information content (AvgIpc) is 2.09. The molecule has 15 heavy (non-hydrogen) atoms. The van der Waals surface area contributed by atoms with Gasteiger partial charge in [0.15, 0.2) is 0 Å². The van der Waals surface area contributed by atoms with Gasteiger partial charge < -0.3 is 10.4 Å². The first-order chi connectivity index (χ1) is 6.75. The topological polar surface area (TPSA) is 49.3 Å². The SMILES string of the molecule is C/C(=C/CNCC(C)C(C)(C)C)C(=O)O. The first-order valence-electron chi connectivity index (χ1n) is 5.36. The summed E-state index contributed by atoms with van der Waals surface area (Å²) in [6.07, 6.45) is 1.71. The van der Waals surface area contributed by atoms with E-state index in [4.69, 9.17) is 5.11 Å². The van der Waals surface area contributed by atoms with Crippen LogP contribution in [0.3, 0.4) is 0 Å². The zero-order valence-corrected chi connectivity index (χ0v) is 10.4. The summed E-state index contributed by atoms with van der Waals surface area (Å²) in [6.45, 7) is 12.0. The summed E-state index contributed by atoms with van der Waals surface area (Å²) in [7, 11) is 0. The summed E-state index contributed by atoms with van der Waals surface area (Å²) in [5, 5.41) is 11.9. The maximum Gasteiger partial charge on any atom is 0.330 e. The molecule has 0 amide bonds. The molecule has 1 atom stereocenters. The number of aliphatic carboxylic acids is 1. The fourth-order valence-electron chi connectivity index (χ4n) is 0.919. The highest BCUT2D eigenvalue weighted by molar-refractivity contribution is 5.85. The fraction of sp³-hybridized carbons (Fsp3) is 0.750. The minimum atomic E-state index is -0.847. The molecule has 0 spiro atoms. The van der Waals surface area contributed by atoms with Crippen LogP contribution in [-0.4, -0.2) is 24.2 Å². The van der Waals surface area contributed by atoms with Gasteiger partial charge >= 0.3 is 5.97 Å². The first-order valence-corrected chi connectivity index (χ1v) is 5.36. The van der Waals surface area contributed by atoms with Crippen LogP contribution < -0.4 is 5.32 Å². The van der Waals surface area contributed by atoms with Crippen LogP contribution in [0.15, 0.2) is 11.6 Å². The Bertz CT molecular complexity index is 238. The molecule has 0 saturated heterocycles. The summed E-state index contributed by atoms with van der Waals surface area (Å²) >= 11 is 0. The highest BCUT2D eigenvalue weighted by atomic mass is 16.4. The molecule has 0 aliphatic rings. The third-order valence-corrected chi connectivity index (χ3v) is 2.82. The second kappa shape index (κ2) is 5.91. The Balaban J connectivity index is 3.82. The number of rotatable bonds is 5. The van der Waals surface area contributed by atoms with Crippen molar-refractivity contribution in [2.75, 3.05) is 13.1 Å². The van der Waals surface area contributed by atoms with E-state index in [1.54, 1.807) is 13.0 Å². The molecule has 88 valence electrons. The lowest BCUT2D eigenvalue weighted by molar-refractivity contribution is -0.132. The summed E-state index contributed by atoms with van der Waals surface area (Å²) in [5.74, 6) is -0.281. The maximum absolute atomic E-state index is 10.5. The maximum atomic E-state index is 10.5. The van der Waals surface area contributed by atoms with E-state index in [1.165, 1.54) is 0 Å². The summed E-state index contributed by atoms with van der Waals surface area (Å²) in [6, 6.07) is 0. The molecular formula is C12H23NO2. The normalized spacial score (nSPS) is 15.1. The third-order valence-electron chi connectivity index (χ3n) is 2.82. The van der Waals surface area contributed by atoms with Gasteiger partial charge in [-0.05, 0) is 24.8 Å². The number of carboxylic acid groups (broad SMARTS) is 1. The number of carboxylic acids is 1. The lowest BCUT2D eigenvalue weighted by Gasteiger charge is -2.27. The second-order valence-electron chi connectivity index (χ2n) is 5.12. The van der Waals surface area contributed by atoms with Gasteiger partial charge in [0.25, 0.3) is 0 Å². The van der Waals surface area contributed by atoms with Crippen LogP contribution in [0.1, 0.15) is 34.6 Å². The van der Waals surface area contributed by atoms with E-state index < -0.39 is 5.97 Å². The van der Waals surface area contributed by atoms with Crippen molar-refractivity contribution < 1.29 is 9.90 Å². The largest absolute Gasteiger partial charge is 0.478 e. The van der Waals surface area contributed by atoms with E-state index in [9.17, 15) is 4.79 Å². The Morgan fingerprint density at radius 2 is 2.00 bits per heavy atom. The predicted octanol–water partition coefficient (Wildman–Crippen LogP) is 2.29. The van der Waals surface area contributed by atoms with Crippen LogP contribution in [0.4, 0.5) is 0 Å². The zero-order valence-electron chi connectivity index (χ0n) is 10.4. The standard InChI is InChI=1S/C12H23NO2/c1-9(11(14)15)6-7-13-8-10(2)12(3,4)5/h6,10,13H,7-8H2,1-5H3,(H,14,15)/b9-6-. The zero-order chi connectivity index (χ0) is 12.1. The molecule has 0 aromatic rings. The van der Waals surface area contributed by atoms with Crippen molar-refractivity contribution in [1.82, 2.24) is 5.32 Å². The van der Waals surface area contributed by atoms with Crippen LogP contribution in [0.25, 0.3) is 0 Å². The van der Waals surface area contributed by atoms with Gasteiger partial charge in [0.05, 0.1) is 0 Å². The van der Waals surface area contributed by atoms with Crippen molar-refractivity contribution in [3.63, 3.8) is 0 Å². The average molecular weight is 213 g/mol. The summed E-state index contributed by atoms with van der Waals surface area (Å²) in [4.78, 5) is 10.5. The van der Waals surface area contributed by atoms with E-state index in [-0.39, 0.29) is 0 Å². The van der Waals surface area contributed by atoms with E-state index in [1.807, 2.05) is 0 Å². The smallest absolute Gasteiger partial charge is 0.330 e. The minimum absolute atomic E-state index is 0.290. The lowest BCUT2D eigenvalue weighted by atomic mass is 9.82. The quantitative estimate of drug-likeness (QED) is 0.544. The van der Waals surface area contributed by atoms with Crippen LogP contribution in [0.2, 0.25) is 0 Å². The van der Waals surface area contributed by atoms with E-state index in [0.717, 1.165) is 6.54 Å². The first kappa shape index (κ1) is 14.2. The van der Waals surface area contributed by atoms with E-state index in [0.29, 0.717) is 23.5 Å². The Kier molecular flexibility index (Phi) is 5.58. The Morgan fingerprint density at radius 3 is 2.40 bits per heavy atom. The van der Waals surface area contributed by atoms with Gasteiger partial charge in [0, 0.05) is 12.1 Å². The van der Waals surface area contributed by atoms with Crippen LogP contribution >= 0.6 is 0 Å².